The highest BCUT2D eigenvalue weighted by Crippen LogP contribution is 2.44. The van der Waals surface area contributed by atoms with Gasteiger partial charge >= 0.3 is 0 Å². The maximum Gasteiger partial charge on any atom is 0.232 e. The van der Waals surface area contributed by atoms with Crippen LogP contribution in [0.4, 0.5) is 0 Å². The molecule has 0 N–H and O–H groups in total. The van der Waals surface area contributed by atoms with E-state index in [1.54, 1.807) is 0 Å². The summed E-state index contributed by atoms with van der Waals surface area (Å²) >= 11 is 0. The van der Waals surface area contributed by atoms with Crippen LogP contribution in [-0.4, -0.2) is 20.1 Å². The van der Waals surface area contributed by atoms with Crippen molar-refractivity contribution in [2.75, 3.05) is 0 Å². The third-order valence-corrected chi connectivity index (χ3v) is 4.57. The molecule has 1 aliphatic rings. The third kappa shape index (κ3) is 3.72. The number of nitrogens with zero attached hydrogens (tertiary/aromatic N) is 4. The Hall–Kier alpha value is -2.70. The molecule has 3 heterocycles. The average Bonchev–Trinajstić information content (AvgIpc) is 3.21. The summed E-state index contributed by atoms with van der Waals surface area (Å²) in [5.41, 5.74) is 2.36. The summed E-state index contributed by atoms with van der Waals surface area (Å²) < 4.78 is 17.0. The standard InChI is InChI=1S/C20H24N4O3/c1-11-16(22-12(2)26-11)10-25-17-8-15(21-9-14(17)13-6-7-13)18-23-19(27-24-18)20(3,4)5/h8-9,13H,6-7,10H2,1-5H3. The van der Waals surface area contributed by atoms with Crippen LogP contribution in [0.2, 0.25) is 0 Å². The van der Waals surface area contributed by atoms with E-state index in [2.05, 4.69) is 20.1 Å². The highest BCUT2D eigenvalue weighted by atomic mass is 16.5. The Bertz CT molecular complexity index is 964. The molecule has 0 atom stereocenters. The number of hydrogen-bond donors (Lipinski definition) is 0. The number of oxazole rings is 1. The summed E-state index contributed by atoms with van der Waals surface area (Å²) in [5.74, 6) is 3.79. The quantitative estimate of drug-likeness (QED) is 0.655. The van der Waals surface area contributed by atoms with Gasteiger partial charge in [-0.2, -0.15) is 4.98 Å². The van der Waals surface area contributed by atoms with Crippen LogP contribution < -0.4 is 4.74 Å². The molecule has 1 fully saturated rings. The highest BCUT2D eigenvalue weighted by molar-refractivity contribution is 5.54. The number of ether oxygens (including phenoxy) is 1. The van der Waals surface area contributed by atoms with Gasteiger partial charge in [-0.3, -0.25) is 4.98 Å². The van der Waals surface area contributed by atoms with Gasteiger partial charge in [0.25, 0.3) is 0 Å². The van der Waals surface area contributed by atoms with Crippen LogP contribution in [0.15, 0.2) is 21.2 Å². The van der Waals surface area contributed by atoms with Crippen molar-refractivity contribution in [3.63, 3.8) is 0 Å². The van der Waals surface area contributed by atoms with Crippen LogP contribution in [0.1, 0.15) is 68.3 Å². The van der Waals surface area contributed by atoms with Gasteiger partial charge < -0.3 is 13.7 Å². The lowest BCUT2D eigenvalue weighted by molar-refractivity contribution is 0.296. The molecule has 0 bridgehead atoms. The summed E-state index contributed by atoms with van der Waals surface area (Å²) in [6, 6.07) is 1.90. The zero-order chi connectivity index (χ0) is 19.2. The molecule has 0 unspecified atom stereocenters. The van der Waals surface area contributed by atoms with E-state index in [0.29, 0.717) is 35.8 Å². The summed E-state index contributed by atoms with van der Waals surface area (Å²) in [6.45, 7) is 10.2. The lowest BCUT2D eigenvalue weighted by atomic mass is 9.97. The molecule has 7 heteroatoms. The molecule has 0 aliphatic heterocycles. The Kier molecular flexibility index (Phi) is 4.25. The molecule has 3 aromatic heterocycles. The normalized spacial score (nSPS) is 14.6. The molecule has 3 aromatic rings. The van der Waals surface area contributed by atoms with Crippen molar-refractivity contribution in [3.05, 3.63) is 41.1 Å². The smallest absolute Gasteiger partial charge is 0.232 e. The first-order valence-corrected chi connectivity index (χ1v) is 9.21. The van der Waals surface area contributed by atoms with Crippen LogP contribution in [0.3, 0.4) is 0 Å². The van der Waals surface area contributed by atoms with Crippen LogP contribution in [0.25, 0.3) is 11.5 Å². The Labute approximate surface area is 158 Å². The summed E-state index contributed by atoms with van der Waals surface area (Å²) in [7, 11) is 0. The Morgan fingerprint density at radius 1 is 1.19 bits per heavy atom. The van der Waals surface area contributed by atoms with Gasteiger partial charge in [-0.05, 0) is 25.7 Å². The second-order valence-corrected chi connectivity index (χ2v) is 8.08. The van der Waals surface area contributed by atoms with Gasteiger partial charge in [-0.1, -0.05) is 25.9 Å². The Balaban J connectivity index is 1.62. The maximum absolute atomic E-state index is 6.11. The van der Waals surface area contributed by atoms with Gasteiger partial charge in [0.15, 0.2) is 5.89 Å². The summed E-state index contributed by atoms with van der Waals surface area (Å²) in [5, 5.41) is 4.09. The third-order valence-electron chi connectivity index (χ3n) is 4.57. The molecule has 0 radical (unpaired) electrons. The molecular formula is C20H24N4O3. The zero-order valence-corrected chi connectivity index (χ0v) is 16.4. The maximum atomic E-state index is 6.11. The van der Waals surface area contributed by atoms with Gasteiger partial charge in [-0.15, -0.1) is 0 Å². The first-order chi connectivity index (χ1) is 12.8. The van der Waals surface area contributed by atoms with Gasteiger partial charge in [0.05, 0.1) is 0 Å². The molecule has 27 heavy (non-hydrogen) atoms. The number of pyridine rings is 1. The van der Waals surface area contributed by atoms with Crippen LogP contribution in [0, 0.1) is 13.8 Å². The molecule has 4 rings (SSSR count). The fraction of sp³-hybridized carbons (Fsp3) is 0.500. The summed E-state index contributed by atoms with van der Waals surface area (Å²) in [4.78, 5) is 13.4. The van der Waals surface area contributed by atoms with Crippen molar-refractivity contribution >= 4 is 0 Å². The zero-order valence-electron chi connectivity index (χ0n) is 16.4. The monoisotopic (exact) mass is 368 g/mol. The van der Waals surface area contributed by atoms with Crippen LogP contribution in [-0.2, 0) is 12.0 Å². The fourth-order valence-corrected chi connectivity index (χ4v) is 2.88. The minimum atomic E-state index is -0.207. The SMILES string of the molecule is Cc1nc(COc2cc(-c3noc(C(C)(C)C)n3)ncc2C2CC2)c(C)o1. The van der Waals surface area contributed by atoms with E-state index in [9.17, 15) is 0 Å². The Morgan fingerprint density at radius 3 is 2.56 bits per heavy atom. The van der Waals surface area contributed by atoms with Crippen molar-refractivity contribution < 1.29 is 13.7 Å². The molecule has 0 amide bonds. The summed E-state index contributed by atoms with van der Waals surface area (Å²) in [6.07, 6.45) is 4.20. The first-order valence-electron chi connectivity index (χ1n) is 9.21. The minimum Gasteiger partial charge on any atom is -0.487 e. The lowest BCUT2D eigenvalue weighted by Gasteiger charge is -2.11. The number of aryl methyl sites for hydroxylation is 2. The van der Waals surface area contributed by atoms with Gasteiger partial charge in [-0.25, -0.2) is 4.98 Å². The largest absolute Gasteiger partial charge is 0.487 e. The minimum absolute atomic E-state index is 0.207. The predicted molar refractivity (Wildman–Crippen MR) is 98.5 cm³/mol. The van der Waals surface area contributed by atoms with Crippen molar-refractivity contribution in [2.24, 2.45) is 0 Å². The highest BCUT2D eigenvalue weighted by Gasteiger charge is 2.29. The van der Waals surface area contributed by atoms with E-state index >= 15 is 0 Å². The molecule has 0 saturated heterocycles. The van der Waals surface area contributed by atoms with E-state index < -0.39 is 0 Å². The predicted octanol–water partition coefficient (Wildman–Crippen LogP) is 4.49. The number of rotatable bonds is 5. The molecule has 0 spiro atoms. The topological polar surface area (TPSA) is 87.1 Å². The van der Waals surface area contributed by atoms with Crippen LogP contribution >= 0.6 is 0 Å². The Morgan fingerprint density at radius 2 is 1.96 bits per heavy atom. The van der Waals surface area contributed by atoms with Gasteiger partial charge in [0.1, 0.15) is 29.5 Å². The molecule has 7 nitrogen and oxygen atoms in total. The van der Waals surface area contributed by atoms with E-state index in [1.807, 2.05) is 46.9 Å². The van der Waals surface area contributed by atoms with Crippen molar-refractivity contribution in [3.8, 4) is 17.3 Å². The fourth-order valence-electron chi connectivity index (χ4n) is 2.88. The lowest BCUT2D eigenvalue weighted by Crippen LogP contribution is -2.11. The van der Waals surface area contributed by atoms with Crippen molar-refractivity contribution in [1.82, 2.24) is 20.1 Å². The second kappa shape index (κ2) is 6.48. The van der Waals surface area contributed by atoms with E-state index in [-0.39, 0.29) is 5.41 Å². The van der Waals surface area contributed by atoms with E-state index in [1.165, 1.54) is 0 Å². The van der Waals surface area contributed by atoms with Crippen molar-refractivity contribution in [2.45, 2.75) is 65.4 Å². The van der Waals surface area contributed by atoms with E-state index in [4.69, 9.17) is 13.7 Å². The molecule has 0 aromatic carbocycles. The number of hydrogen-bond acceptors (Lipinski definition) is 7. The second-order valence-electron chi connectivity index (χ2n) is 8.08. The molecule has 1 aliphatic carbocycles. The van der Waals surface area contributed by atoms with Crippen molar-refractivity contribution in [1.29, 1.82) is 0 Å². The molecule has 142 valence electrons. The van der Waals surface area contributed by atoms with Crippen LogP contribution in [0.5, 0.6) is 5.75 Å². The first kappa shape index (κ1) is 17.7. The molecular weight excluding hydrogens is 344 g/mol. The van der Waals surface area contributed by atoms with Gasteiger partial charge in [0, 0.05) is 30.2 Å². The van der Waals surface area contributed by atoms with E-state index in [0.717, 1.165) is 35.6 Å². The number of aromatic nitrogens is 4. The average molecular weight is 368 g/mol. The molecule has 1 saturated carbocycles. The van der Waals surface area contributed by atoms with Gasteiger partial charge in [0.2, 0.25) is 11.7 Å².